The minimum absolute atomic E-state index is 0.568. The van der Waals surface area contributed by atoms with E-state index in [1.54, 1.807) is 36.1 Å². The number of allylic oxidation sites excluding steroid dienone is 12. The fraction of sp³-hybridized carbons (Fsp3) is 0.200. The molecule has 4 atom stereocenters. The van der Waals surface area contributed by atoms with E-state index >= 15 is 0 Å². The topological polar surface area (TPSA) is 0 Å². The maximum absolute atomic E-state index is 8.43. The molecule has 2 aliphatic carbocycles. The van der Waals surface area contributed by atoms with Gasteiger partial charge in [0.25, 0.3) is 0 Å². The molecular formula is C30H30S. The molecule has 0 aromatic heterocycles. The van der Waals surface area contributed by atoms with Crippen LogP contribution in [0.5, 0.6) is 0 Å². The van der Waals surface area contributed by atoms with Gasteiger partial charge in [0.15, 0.2) is 0 Å². The van der Waals surface area contributed by atoms with Gasteiger partial charge in [0.1, 0.15) is 0 Å². The Labute approximate surface area is 197 Å². The van der Waals surface area contributed by atoms with E-state index in [0.717, 1.165) is 12.8 Å². The highest BCUT2D eigenvalue weighted by molar-refractivity contribution is 7.99. The molecule has 0 fully saturated rings. The Morgan fingerprint density at radius 3 is 1.58 bits per heavy atom. The molecule has 1 heteroatoms. The third kappa shape index (κ3) is 7.15. The van der Waals surface area contributed by atoms with Crippen LogP contribution in [-0.2, 0) is 12.8 Å². The molecule has 0 nitrogen and oxygen atoms in total. The largest absolute Gasteiger partial charge is 0.0901 e. The van der Waals surface area contributed by atoms with Crippen molar-refractivity contribution < 1.29 is 5.48 Å². The maximum atomic E-state index is 8.43. The quantitative estimate of drug-likeness (QED) is 0.382. The second-order valence-corrected chi connectivity index (χ2v) is 8.57. The zero-order valence-electron chi connectivity index (χ0n) is 21.5. The van der Waals surface area contributed by atoms with Gasteiger partial charge < -0.3 is 0 Å². The Bertz CT molecular complexity index is 1080. The highest BCUT2D eigenvalue weighted by Crippen LogP contribution is 2.28. The molecule has 0 radical (unpaired) electrons. The molecule has 0 N–H and O–H groups in total. The van der Waals surface area contributed by atoms with Crippen LogP contribution in [-0.4, -0.2) is 0 Å². The molecule has 4 rings (SSSR count). The summed E-state index contributed by atoms with van der Waals surface area (Å²) in [7, 11) is 0. The van der Waals surface area contributed by atoms with Crippen LogP contribution >= 0.6 is 11.8 Å². The Morgan fingerprint density at radius 2 is 1.16 bits per heavy atom. The molecule has 0 spiro atoms. The molecule has 0 bridgehead atoms. The van der Waals surface area contributed by atoms with Crippen molar-refractivity contribution in [2.75, 3.05) is 0 Å². The second kappa shape index (κ2) is 11.6. The first-order chi connectivity index (χ1) is 16.9. The summed E-state index contributed by atoms with van der Waals surface area (Å²) >= 11 is 1.72. The van der Waals surface area contributed by atoms with Crippen molar-refractivity contribution in [1.82, 2.24) is 0 Å². The van der Waals surface area contributed by atoms with E-state index in [-0.39, 0.29) is 0 Å². The van der Waals surface area contributed by atoms with Crippen molar-refractivity contribution in [2.45, 2.75) is 35.4 Å². The predicted octanol–water partition coefficient (Wildman–Crippen LogP) is 8.30. The van der Waals surface area contributed by atoms with Gasteiger partial charge in [-0.3, -0.25) is 0 Å². The van der Waals surface area contributed by atoms with E-state index in [1.807, 2.05) is 48.6 Å². The minimum Gasteiger partial charge on any atom is -0.0901 e. The predicted molar refractivity (Wildman–Crippen MR) is 135 cm³/mol. The van der Waals surface area contributed by atoms with Crippen molar-refractivity contribution in [3.8, 4) is 0 Å². The van der Waals surface area contributed by atoms with Gasteiger partial charge in [-0.05, 0) is 72.8 Å². The van der Waals surface area contributed by atoms with Gasteiger partial charge in [-0.25, -0.2) is 0 Å². The Balaban J connectivity index is 1.28. The number of hydrogen-bond acceptors (Lipinski definition) is 1. The average molecular weight is 427 g/mol. The summed E-state index contributed by atoms with van der Waals surface area (Å²) in [4.78, 5) is 2.34. The molecular weight excluding hydrogens is 392 g/mol. The standard InChI is InChI=1S/C30H30S/c1-3-9-25(10-4-1)13-7-15-27-17-21-29(22-18-27)31-30-23-19-28(20-24-30)16-8-14-26-11-5-2-6-12-26/h1-9,11,13-14,17-26H,10,12,15-16H2/b13-7-,14-8-/i10D,12D,25D,26D. The second-order valence-electron chi connectivity index (χ2n) is 7.42. The summed E-state index contributed by atoms with van der Waals surface area (Å²) in [6, 6.07) is 16.9. The van der Waals surface area contributed by atoms with E-state index in [0.29, 0.717) is 0 Å². The molecule has 2 aromatic carbocycles. The number of benzene rings is 2. The highest BCUT2D eigenvalue weighted by Gasteiger charge is 2.02. The number of hydrogen-bond donors (Lipinski definition) is 0. The summed E-state index contributed by atoms with van der Waals surface area (Å²) in [6.45, 7) is 0. The zero-order valence-corrected chi connectivity index (χ0v) is 18.3. The zero-order chi connectivity index (χ0) is 24.7. The van der Waals surface area contributed by atoms with Crippen molar-refractivity contribution in [2.24, 2.45) is 11.8 Å². The fourth-order valence-corrected chi connectivity index (χ4v) is 4.13. The molecule has 4 unspecified atom stereocenters. The molecule has 0 amide bonds. The van der Waals surface area contributed by atoms with Gasteiger partial charge in [-0.15, -0.1) is 0 Å². The molecule has 156 valence electrons. The number of rotatable bonds is 8. The van der Waals surface area contributed by atoms with Gasteiger partial charge in [-0.1, -0.05) is 109 Å². The first-order valence-electron chi connectivity index (χ1n) is 12.8. The Morgan fingerprint density at radius 1 is 0.710 bits per heavy atom. The monoisotopic (exact) mass is 426 g/mol. The van der Waals surface area contributed by atoms with E-state index < -0.39 is 24.6 Å². The SMILES string of the molecule is [2H]C1C=CC=CC1([2H])/C=C\Cc1ccc(Sc2ccc(C/C=C\C3([2H])C=CC=CC3[2H])cc2)cc1. The summed E-state index contributed by atoms with van der Waals surface area (Å²) in [6.07, 6.45) is 22.3. The van der Waals surface area contributed by atoms with Crippen molar-refractivity contribution in [1.29, 1.82) is 0 Å². The lowest BCUT2D eigenvalue weighted by Gasteiger charge is -2.07. The van der Waals surface area contributed by atoms with E-state index in [1.165, 1.54) is 20.9 Å². The maximum Gasteiger partial charge on any atom is 0.0393 e. The van der Waals surface area contributed by atoms with Crippen molar-refractivity contribution in [3.63, 3.8) is 0 Å². The summed E-state index contributed by atoms with van der Waals surface area (Å²) in [5, 5.41) is 0. The van der Waals surface area contributed by atoms with Crippen LogP contribution < -0.4 is 0 Å². The molecule has 0 saturated carbocycles. The van der Waals surface area contributed by atoms with E-state index in [2.05, 4.69) is 48.5 Å². The van der Waals surface area contributed by atoms with Crippen LogP contribution in [0.25, 0.3) is 0 Å². The van der Waals surface area contributed by atoms with Crippen LogP contribution in [0.2, 0.25) is 0 Å². The smallest absolute Gasteiger partial charge is 0.0393 e. The van der Waals surface area contributed by atoms with Crippen LogP contribution in [0.4, 0.5) is 0 Å². The molecule has 0 aliphatic heterocycles. The minimum atomic E-state index is -0.983. The van der Waals surface area contributed by atoms with Crippen molar-refractivity contribution >= 4 is 11.8 Å². The average Bonchev–Trinajstić information content (AvgIpc) is 2.85. The Hall–Kier alpha value is -2.77. The van der Waals surface area contributed by atoms with E-state index in [4.69, 9.17) is 5.48 Å². The summed E-state index contributed by atoms with van der Waals surface area (Å²) in [5.74, 6) is -1.97. The van der Waals surface area contributed by atoms with Crippen LogP contribution in [0.1, 0.15) is 29.4 Å². The lowest BCUT2D eigenvalue weighted by Crippen LogP contribution is -1.92. The van der Waals surface area contributed by atoms with Gasteiger partial charge in [0.05, 0.1) is 0 Å². The lowest BCUT2D eigenvalue weighted by molar-refractivity contribution is 0.818. The summed E-state index contributed by atoms with van der Waals surface area (Å²) < 4.78 is 32.9. The summed E-state index contributed by atoms with van der Waals surface area (Å²) in [5.41, 5.74) is 2.36. The van der Waals surface area contributed by atoms with Crippen LogP contribution in [0.15, 0.2) is 131 Å². The van der Waals surface area contributed by atoms with Gasteiger partial charge in [0, 0.05) is 15.3 Å². The molecule has 0 saturated heterocycles. The first-order valence-corrected chi connectivity index (χ1v) is 11.5. The highest BCUT2D eigenvalue weighted by atomic mass is 32.2. The third-order valence-electron chi connectivity index (χ3n) is 5.01. The third-order valence-corrected chi connectivity index (χ3v) is 6.02. The van der Waals surface area contributed by atoms with Gasteiger partial charge >= 0.3 is 0 Å². The molecule has 2 aliphatic rings. The lowest BCUT2D eigenvalue weighted by atomic mass is 9.99. The molecule has 31 heavy (non-hydrogen) atoms. The van der Waals surface area contributed by atoms with E-state index in [9.17, 15) is 0 Å². The van der Waals surface area contributed by atoms with Crippen molar-refractivity contribution in [3.05, 3.63) is 133 Å². The molecule has 0 heterocycles. The fourth-order valence-electron chi connectivity index (χ4n) is 3.31. The van der Waals surface area contributed by atoms with Gasteiger partial charge in [-0.2, -0.15) is 0 Å². The Kier molecular flexibility index (Phi) is 6.30. The first kappa shape index (κ1) is 16.9. The van der Waals surface area contributed by atoms with Gasteiger partial charge in [0.2, 0.25) is 0 Å². The van der Waals surface area contributed by atoms with Crippen LogP contribution in [0, 0.1) is 11.8 Å². The molecule has 2 aromatic rings. The van der Waals surface area contributed by atoms with Crippen LogP contribution in [0.3, 0.4) is 0 Å². The normalized spacial score (nSPS) is 31.6.